The van der Waals surface area contributed by atoms with Crippen molar-refractivity contribution in [3.05, 3.63) is 29.9 Å². The highest BCUT2D eigenvalue weighted by atomic mass is 79.9. The van der Waals surface area contributed by atoms with Crippen molar-refractivity contribution in [3.8, 4) is 0 Å². The molecule has 0 aliphatic heterocycles. The zero-order valence-electron chi connectivity index (χ0n) is 13.6. The molecule has 0 aliphatic rings. The zero-order valence-corrected chi connectivity index (χ0v) is 15.3. The minimum atomic E-state index is -0.341. The lowest BCUT2D eigenvalue weighted by Crippen LogP contribution is -2.30. The minimum Gasteiger partial charge on any atom is -0.465 e. The van der Waals surface area contributed by atoms with Gasteiger partial charge in [-0.1, -0.05) is 19.1 Å². The first-order valence-corrected chi connectivity index (χ1v) is 7.47. The number of aryl methyl sites for hydroxylation is 1. The zero-order chi connectivity index (χ0) is 16.1. The molecule has 126 valence electrons. The number of fused-ring (bicyclic) bond motifs is 1. The van der Waals surface area contributed by atoms with Gasteiger partial charge in [0.1, 0.15) is 6.54 Å². The summed E-state index contributed by atoms with van der Waals surface area (Å²) >= 11 is 0. The normalized spacial score (nSPS) is 11.3. The number of amides is 1. The number of benzene rings is 1. The third-order valence-corrected chi connectivity index (χ3v) is 3.24. The van der Waals surface area contributed by atoms with Crippen LogP contribution in [0.5, 0.6) is 0 Å². The molecule has 1 heterocycles. The van der Waals surface area contributed by atoms with Crippen LogP contribution >= 0.6 is 17.0 Å². The van der Waals surface area contributed by atoms with Crippen molar-refractivity contribution in [2.75, 3.05) is 6.61 Å². The summed E-state index contributed by atoms with van der Waals surface area (Å²) in [6.07, 6.45) is 0.901. The van der Waals surface area contributed by atoms with E-state index in [1.807, 2.05) is 28.8 Å². The van der Waals surface area contributed by atoms with Crippen LogP contribution < -0.4 is 5.62 Å². The van der Waals surface area contributed by atoms with Gasteiger partial charge in [-0.15, -0.1) is 17.0 Å². The van der Waals surface area contributed by atoms with Crippen molar-refractivity contribution in [3.63, 3.8) is 0 Å². The quantitative estimate of drug-likeness (QED) is 0.744. The summed E-state index contributed by atoms with van der Waals surface area (Å²) in [5.74, 6) is -0.635. The summed E-state index contributed by atoms with van der Waals surface area (Å²) in [6.45, 7) is 6.32. The number of ether oxygens (including phenoxy) is 1. The molecular formula is C16H22BrN3O3. The van der Waals surface area contributed by atoms with Crippen LogP contribution in [0, 0.1) is 0 Å². The number of carbonyl (C=O) groups excluding carboxylic acids is 2. The lowest BCUT2D eigenvalue weighted by Gasteiger charge is -2.05. The second-order valence-corrected chi connectivity index (χ2v) is 4.96. The van der Waals surface area contributed by atoms with Gasteiger partial charge in [-0.3, -0.25) is 14.2 Å². The van der Waals surface area contributed by atoms with Gasteiger partial charge in [-0.25, -0.2) is 0 Å². The number of para-hydroxylation sites is 2. The van der Waals surface area contributed by atoms with Crippen LogP contribution in [0.1, 0.15) is 27.2 Å². The highest BCUT2D eigenvalue weighted by Gasteiger charge is 2.14. The molecule has 2 aromatic rings. The highest BCUT2D eigenvalue weighted by molar-refractivity contribution is 8.93. The van der Waals surface area contributed by atoms with E-state index < -0.39 is 0 Å². The Kier molecular flexibility index (Phi) is 7.22. The molecule has 1 aromatic heterocycles. The molecule has 6 nitrogen and oxygen atoms in total. The molecule has 23 heavy (non-hydrogen) atoms. The summed E-state index contributed by atoms with van der Waals surface area (Å²) in [5.41, 5.74) is 2.31. The van der Waals surface area contributed by atoms with E-state index >= 15 is 0 Å². The Morgan fingerprint density at radius 2 is 1.74 bits per heavy atom. The molecule has 0 spiro atoms. The monoisotopic (exact) mass is 383 g/mol. The first-order chi connectivity index (χ1) is 10.6. The Hall–Kier alpha value is -1.89. The predicted octanol–water partition coefficient (Wildman–Crippen LogP) is 2.44. The number of imidazole rings is 1. The summed E-state index contributed by atoms with van der Waals surface area (Å²) < 4.78 is 8.74. The fourth-order valence-electron chi connectivity index (χ4n) is 2.48. The Balaban J connectivity index is 0.00000264. The largest absolute Gasteiger partial charge is 0.465 e. The van der Waals surface area contributed by atoms with Crippen LogP contribution in [-0.4, -0.2) is 27.6 Å². The van der Waals surface area contributed by atoms with E-state index in [0.717, 1.165) is 24.0 Å². The van der Waals surface area contributed by atoms with Crippen LogP contribution in [0.3, 0.4) is 0 Å². The maximum absolute atomic E-state index is 11.9. The number of nitrogens with zero attached hydrogens (tertiary/aromatic N) is 3. The predicted molar refractivity (Wildman–Crippen MR) is 93.4 cm³/mol. The molecule has 0 fully saturated rings. The van der Waals surface area contributed by atoms with E-state index in [2.05, 4.69) is 11.9 Å². The van der Waals surface area contributed by atoms with Crippen molar-refractivity contribution >= 4 is 39.9 Å². The average molecular weight is 384 g/mol. The second-order valence-electron chi connectivity index (χ2n) is 4.96. The molecule has 7 heteroatoms. The van der Waals surface area contributed by atoms with E-state index in [9.17, 15) is 9.59 Å². The maximum Gasteiger partial charge on any atom is 0.326 e. The first kappa shape index (κ1) is 19.2. The number of halogens is 1. The molecule has 1 amide bonds. The van der Waals surface area contributed by atoms with Crippen molar-refractivity contribution in [1.29, 1.82) is 0 Å². The van der Waals surface area contributed by atoms with Gasteiger partial charge < -0.3 is 9.30 Å². The van der Waals surface area contributed by atoms with E-state index in [4.69, 9.17) is 4.74 Å². The smallest absolute Gasteiger partial charge is 0.326 e. The SMILES string of the molecule is Br.CCCn1c(=NC(C)=O)n(CC(=O)OCC)c2ccccc21. The number of rotatable bonds is 5. The molecule has 0 radical (unpaired) electrons. The van der Waals surface area contributed by atoms with Gasteiger partial charge in [-0.2, -0.15) is 4.99 Å². The molecule has 0 saturated heterocycles. The van der Waals surface area contributed by atoms with Gasteiger partial charge in [-0.05, 0) is 25.5 Å². The number of hydrogen-bond acceptors (Lipinski definition) is 3. The lowest BCUT2D eigenvalue weighted by atomic mass is 10.3. The molecule has 0 aliphatic carbocycles. The van der Waals surface area contributed by atoms with Gasteiger partial charge in [0.05, 0.1) is 17.6 Å². The molecule has 2 rings (SSSR count). The first-order valence-electron chi connectivity index (χ1n) is 7.47. The van der Waals surface area contributed by atoms with Crippen LogP contribution in [0.15, 0.2) is 29.3 Å². The molecular weight excluding hydrogens is 362 g/mol. The van der Waals surface area contributed by atoms with Crippen LogP contribution in [0.4, 0.5) is 0 Å². The van der Waals surface area contributed by atoms with Crippen LogP contribution in [-0.2, 0) is 27.4 Å². The fourth-order valence-corrected chi connectivity index (χ4v) is 2.48. The van der Waals surface area contributed by atoms with Crippen LogP contribution in [0.25, 0.3) is 11.0 Å². The van der Waals surface area contributed by atoms with Crippen molar-refractivity contribution in [2.24, 2.45) is 4.99 Å². The number of carbonyl (C=O) groups is 2. The standard InChI is InChI=1S/C16H21N3O3.BrH/c1-4-10-18-13-8-6-7-9-14(13)19(11-15(21)22-5-2)16(18)17-12(3)20;/h6-9H,4-5,10-11H2,1-3H3;1H. The van der Waals surface area contributed by atoms with E-state index in [-0.39, 0.29) is 35.4 Å². The molecule has 0 bridgehead atoms. The van der Waals surface area contributed by atoms with E-state index in [1.54, 1.807) is 11.5 Å². The topological polar surface area (TPSA) is 65.6 Å². The summed E-state index contributed by atoms with van der Waals surface area (Å²) in [5, 5.41) is 0. The molecule has 0 unspecified atom stereocenters. The molecule has 1 aromatic carbocycles. The van der Waals surface area contributed by atoms with Gasteiger partial charge in [0, 0.05) is 13.5 Å². The van der Waals surface area contributed by atoms with Gasteiger partial charge in [0.2, 0.25) is 11.5 Å². The summed E-state index contributed by atoms with van der Waals surface area (Å²) in [6, 6.07) is 7.71. The van der Waals surface area contributed by atoms with E-state index in [0.29, 0.717) is 12.2 Å². The van der Waals surface area contributed by atoms with Crippen molar-refractivity contribution in [1.82, 2.24) is 9.13 Å². The fraction of sp³-hybridized carbons (Fsp3) is 0.438. The number of aromatic nitrogens is 2. The highest BCUT2D eigenvalue weighted by Crippen LogP contribution is 2.13. The Morgan fingerprint density at radius 3 is 2.26 bits per heavy atom. The summed E-state index contributed by atoms with van der Waals surface area (Å²) in [7, 11) is 0. The third-order valence-electron chi connectivity index (χ3n) is 3.24. The summed E-state index contributed by atoms with van der Waals surface area (Å²) in [4.78, 5) is 27.5. The molecule has 0 N–H and O–H groups in total. The third kappa shape index (κ3) is 4.31. The van der Waals surface area contributed by atoms with Crippen molar-refractivity contribution < 1.29 is 14.3 Å². The Bertz CT molecular complexity index is 762. The Morgan fingerprint density at radius 1 is 1.13 bits per heavy atom. The maximum atomic E-state index is 11.9. The number of hydrogen-bond donors (Lipinski definition) is 0. The van der Waals surface area contributed by atoms with Gasteiger partial charge in [0.25, 0.3) is 0 Å². The Labute approximate surface area is 145 Å². The lowest BCUT2D eigenvalue weighted by molar-refractivity contribution is -0.143. The molecule has 0 atom stereocenters. The van der Waals surface area contributed by atoms with Crippen molar-refractivity contribution in [2.45, 2.75) is 40.3 Å². The van der Waals surface area contributed by atoms with Gasteiger partial charge >= 0.3 is 5.97 Å². The van der Waals surface area contributed by atoms with E-state index in [1.165, 1.54) is 6.92 Å². The second kappa shape index (κ2) is 8.67. The minimum absolute atomic E-state index is 0. The molecule has 0 saturated carbocycles. The number of esters is 1. The van der Waals surface area contributed by atoms with Gasteiger partial charge in [0.15, 0.2) is 0 Å². The van der Waals surface area contributed by atoms with Crippen LogP contribution in [0.2, 0.25) is 0 Å². The average Bonchev–Trinajstić information content (AvgIpc) is 2.74.